The molecule has 0 atom stereocenters. The molecule has 1 saturated heterocycles. The van der Waals surface area contributed by atoms with Gasteiger partial charge in [-0.25, -0.2) is 4.98 Å². The van der Waals surface area contributed by atoms with Gasteiger partial charge < -0.3 is 14.6 Å². The van der Waals surface area contributed by atoms with Gasteiger partial charge in [0.1, 0.15) is 5.82 Å². The molecule has 0 aromatic carbocycles. The molecule has 112 valence electrons. The third kappa shape index (κ3) is 2.01. The molecule has 1 aromatic heterocycles. The highest BCUT2D eigenvalue weighted by Gasteiger charge is 2.56. The van der Waals surface area contributed by atoms with E-state index < -0.39 is 0 Å². The van der Waals surface area contributed by atoms with Gasteiger partial charge in [-0.3, -0.25) is 0 Å². The van der Waals surface area contributed by atoms with Crippen molar-refractivity contribution < 1.29 is 9.31 Å². The molecule has 0 amide bonds. The molecule has 1 N–H and O–H groups in total. The van der Waals surface area contributed by atoms with E-state index >= 15 is 0 Å². The molecular weight excluding hydrogens is 263 g/mol. The standard InChI is InChI=1S/C16H23BN2O2/c1-14(2)15(3,4)21-17(20-14)12-5-6-13(18-10-12)19-16-7-11(8-16)9-16/h5-6,10-11H,7-9H2,1-4H3,(H,18,19). The van der Waals surface area contributed by atoms with E-state index in [1.165, 1.54) is 19.3 Å². The van der Waals surface area contributed by atoms with E-state index in [0.29, 0.717) is 5.54 Å². The Morgan fingerprint density at radius 1 is 1.10 bits per heavy atom. The summed E-state index contributed by atoms with van der Waals surface area (Å²) in [6, 6.07) is 4.10. The van der Waals surface area contributed by atoms with Crippen LogP contribution in [0.15, 0.2) is 18.3 Å². The number of nitrogens with zero attached hydrogens (tertiary/aromatic N) is 1. The van der Waals surface area contributed by atoms with Crippen LogP contribution in [0.3, 0.4) is 0 Å². The second-order valence-corrected chi connectivity index (χ2v) is 7.95. The van der Waals surface area contributed by atoms with Crippen molar-refractivity contribution in [3.63, 3.8) is 0 Å². The quantitative estimate of drug-likeness (QED) is 0.866. The Hall–Kier alpha value is -1.07. The first-order valence-electron chi connectivity index (χ1n) is 7.88. The summed E-state index contributed by atoms with van der Waals surface area (Å²) in [5.74, 6) is 1.94. The average Bonchev–Trinajstić information content (AvgIpc) is 2.52. The summed E-state index contributed by atoms with van der Waals surface area (Å²) in [6.45, 7) is 8.27. The lowest BCUT2D eigenvalue weighted by atomic mass is 9.50. The van der Waals surface area contributed by atoms with Gasteiger partial charge in [0.05, 0.1) is 11.2 Å². The van der Waals surface area contributed by atoms with Gasteiger partial charge in [0.15, 0.2) is 0 Å². The van der Waals surface area contributed by atoms with E-state index in [1.54, 1.807) is 0 Å². The Labute approximate surface area is 126 Å². The van der Waals surface area contributed by atoms with Crippen LogP contribution in [-0.4, -0.2) is 28.8 Å². The molecule has 2 heterocycles. The molecule has 0 spiro atoms. The molecule has 0 radical (unpaired) electrons. The van der Waals surface area contributed by atoms with Gasteiger partial charge in [-0.2, -0.15) is 0 Å². The summed E-state index contributed by atoms with van der Waals surface area (Å²) >= 11 is 0. The van der Waals surface area contributed by atoms with Crippen LogP contribution in [0, 0.1) is 5.92 Å². The van der Waals surface area contributed by atoms with Crippen molar-refractivity contribution in [2.24, 2.45) is 5.92 Å². The summed E-state index contributed by atoms with van der Waals surface area (Å²) < 4.78 is 12.1. The first-order chi connectivity index (χ1) is 9.79. The van der Waals surface area contributed by atoms with Crippen molar-refractivity contribution in [2.45, 2.75) is 63.7 Å². The summed E-state index contributed by atoms with van der Waals surface area (Å²) in [7, 11) is -0.327. The second kappa shape index (κ2) is 4.02. The van der Waals surface area contributed by atoms with Crippen LogP contribution in [-0.2, 0) is 9.31 Å². The number of hydrogen-bond donors (Lipinski definition) is 1. The number of hydrogen-bond acceptors (Lipinski definition) is 4. The Balaban J connectivity index is 1.47. The molecule has 4 nitrogen and oxygen atoms in total. The predicted molar refractivity (Wildman–Crippen MR) is 83.6 cm³/mol. The third-order valence-electron chi connectivity index (χ3n) is 5.74. The number of pyridine rings is 1. The topological polar surface area (TPSA) is 43.4 Å². The summed E-state index contributed by atoms with van der Waals surface area (Å²) in [5, 5.41) is 3.58. The molecule has 3 aliphatic carbocycles. The molecule has 1 aromatic rings. The maximum Gasteiger partial charge on any atom is 0.496 e. The van der Waals surface area contributed by atoms with Gasteiger partial charge >= 0.3 is 7.12 Å². The normalized spacial score (nSPS) is 35.0. The fraction of sp³-hybridized carbons (Fsp3) is 0.688. The predicted octanol–water partition coefficient (Wildman–Crippen LogP) is 2.35. The first kappa shape index (κ1) is 13.6. The van der Waals surface area contributed by atoms with Crippen molar-refractivity contribution in [3.8, 4) is 0 Å². The zero-order valence-corrected chi connectivity index (χ0v) is 13.3. The van der Waals surface area contributed by atoms with E-state index in [-0.39, 0.29) is 18.3 Å². The third-order valence-corrected chi connectivity index (χ3v) is 5.74. The Kier molecular flexibility index (Phi) is 2.60. The SMILES string of the molecule is CC1(C)OB(c2ccc(NC34CC(C3)C4)nc2)OC1(C)C. The molecule has 5 rings (SSSR count). The van der Waals surface area contributed by atoms with Crippen LogP contribution in [0.25, 0.3) is 0 Å². The van der Waals surface area contributed by atoms with Crippen molar-refractivity contribution in [1.29, 1.82) is 0 Å². The fourth-order valence-corrected chi connectivity index (χ4v) is 3.50. The van der Waals surface area contributed by atoms with E-state index in [1.807, 2.05) is 12.3 Å². The highest BCUT2D eigenvalue weighted by Crippen LogP contribution is 2.58. The van der Waals surface area contributed by atoms with Crippen LogP contribution in [0.1, 0.15) is 47.0 Å². The molecule has 4 fully saturated rings. The van der Waals surface area contributed by atoms with Crippen molar-refractivity contribution in [1.82, 2.24) is 4.98 Å². The zero-order valence-electron chi connectivity index (χ0n) is 13.3. The van der Waals surface area contributed by atoms with Crippen LogP contribution >= 0.6 is 0 Å². The Morgan fingerprint density at radius 3 is 2.14 bits per heavy atom. The minimum absolute atomic E-state index is 0.305. The first-order valence-corrected chi connectivity index (χ1v) is 7.88. The van der Waals surface area contributed by atoms with E-state index in [2.05, 4.69) is 44.1 Å². The summed E-state index contributed by atoms with van der Waals surface area (Å²) in [5.41, 5.74) is 0.737. The Morgan fingerprint density at radius 2 is 1.71 bits per heavy atom. The van der Waals surface area contributed by atoms with Crippen LogP contribution in [0.5, 0.6) is 0 Å². The van der Waals surface area contributed by atoms with Gasteiger partial charge in [0.25, 0.3) is 0 Å². The molecule has 0 unspecified atom stereocenters. The number of aromatic nitrogens is 1. The molecular formula is C16H23BN2O2. The van der Waals surface area contributed by atoms with Gasteiger partial charge in [0.2, 0.25) is 0 Å². The minimum atomic E-state index is -0.327. The van der Waals surface area contributed by atoms with Gasteiger partial charge in [-0.15, -0.1) is 0 Å². The maximum absolute atomic E-state index is 6.05. The molecule has 1 aliphatic heterocycles. The van der Waals surface area contributed by atoms with Crippen LogP contribution in [0.2, 0.25) is 0 Å². The molecule has 2 bridgehead atoms. The molecule has 5 heteroatoms. The molecule has 4 aliphatic rings. The number of nitrogens with one attached hydrogen (secondary N) is 1. The van der Waals surface area contributed by atoms with Gasteiger partial charge in [-0.1, -0.05) is 6.07 Å². The lowest BCUT2D eigenvalue weighted by molar-refractivity contribution is 0.00181. The van der Waals surface area contributed by atoms with Crippen molar-refractivity contribution in [3.05, 3.63) is 18.3 Å². The summed E-state index contributed by atoms with van der Waals surface area (Å²) in [6.07, 6.45) is 5.81. The number of rotatable bonds is 3. The van der Waals surface area contributed by atoms with Crippen molar-refractivity contribution >= 4 is 18.4 Å². The average molecular weight is 286 g/mol. The number of anilines is 1. The Bertz CT molecular complexity index is 537. The van der Waals surface area contributed by atoms with Crippen LogP contribution < -0.4 is 10.8 Å². The molecule has 3 saturated carbocycles. The van der Waals surface area contributed by atoms with E-state index in [4.69, 9.17) is 9.31 Å². The largest absolute Gasteiger partial charge is 0.496 e. The van der Waals surface area contributed by atoms with Gasteiger partial charge in [-0.05, 0) is 58.9 Å². The van der Waals surface area contributed by atoms with Crippen molar-refractivity contribution in [2.75, 3.05) is 5.32 Å². The van der Waals surface area contributed by atoms with E-state index in [9.17, 15) is 0 Å². The zero-order chi connectivity index (χ0) is 14.9. The minimum Gasteiger partial charge on any atom is -0.399 e. The maximum atomic E-state index is 6.05. The van der Waals surface area contributed by atoms with Gasteiger partial charge in [0, 0.05) is 17.2 Å². The summed E-state index contributed by atoms with van der Waals surface area (Å²) in [4.78, 5) is 4.54. The lowest BCUT2D eigenvalue weighted by Crippen LogP contribution is -2.63. The monoisotopic (exact) mass is 286 g/mol. The highest BCUT2D eigenvalue weighted by molar-refractivity contribution is 6.62. The smallest absolute Gasteiger partial charge is 0.399 e. The highest BCUT2D eigenvalue weighted by atomic mass is 16.7. The fourth-order valence-electron chi connectivity index (χ4n) is 3.50. The lowest BCUT2D eigenvalue weighted by Gasteiger charge is -2.62. The van der Waals surface area contributed by atoms with Crippen LogP contribution in [0.4, 0.5) is 5.82 Å². The molecule has 21 heavy (non-hydrogen) atoms. The second-order valence-electron chi connectivity index (χ2n) is 7.95. The van der Waals surface area contributed by atoms with E-state index in [0.717, 1.165) is 17.2 Å².